The smallest absolute Gasteiger partial charge is 0.409 e. The van der Waals surface area contributed by atoms with E-state index in [1.807, 2.05) is 40.6 Å². The number of benzene rings is 1. The highest BCUT2D eigenvalue weighted by atomic mass is 32.1. The van der Waals surface area contributed by atoms with Crippen molar-refractivity contribution in [3.63, 3.8) is 0 Å². The average molecular weight is 404 g/mol. The van der Waals surface area contributed by atoms with Gasteiger partial charge in [0.2, 0.25) is 0 Å². The molecule has 7 nitrogen and oxygen atoms in total. The lowest BCUT2D eigenvalue weighted by Gasteiger charge is -2.37. The van der Waals surface area contributed by atoms with Gasteiger partial charge >= 0.3 is 6.09 Å². The molecule has 1 saturated heterocycles. The molecule has 0 atom stereocenters. The summed E-state index contributed by atoms with van der Waals surface area (Å²) < 4.78 is 10.7. The van der Waals surface area contributed by atoms with Crippen LogP contribution in [0.3, 0.4) is 0 Å². The molecule has 3 rings (SSSR count). The van der Waals surface area contributed by atoms with Crippen molar-refractivity contribution in [3.05, 3.63) is 46.9 Å². The number of hydrogen-bond donors (Lipinski definition) is 0. The van der Waals surface area contributed by atoms with Gasteiger partial charge in [-0.15, -0.1) is 11.3 Å². The van der Waals surface area contributed by atoms with Crippen LogP contribution in [-0.2, 0) is 16.1 Å². The van der Waals surface area contributed by atoms with E-state index >= 15 is 0 Å². The Morgan fingerprint density at radius 3 is 2.64 bits per heavy atom. The fourth-order valence-corrected chi connectivity index (χ4v) is 3.83. The maximum absolute atomic E-state index is 12.9. The van der Waals surface area contributed by atoms with E-state index in [1.54, 1.807) is 18.0 Å². The lowest BCUT2D eigenvalue weighted by Crippen LogP contribution is -2.49. The van der Waals surface area contributed by atoms with Gasteiger partial charge < -0.3 is 19.3 Å². The molecule has 150 valence electrons. The fraction of sp³-hybridized carbons (Fsp3) is 0.450. The van der Waals surface area contributed by atoms with Gasteiger partial charge in [-0.3, -0.25) is 4.79 Å². The van der Waals surface area contributed by atoms with Gasteiger partial charge in [0, 0.05) is 30.7 Å². The number of ether oxygens (including phenoxy) is 2. The van der Waals surface area contributed by atoms with Gasteiger partial charge in [-0.05, 0) is 31.9 Å². The van der Waals surface area contributed by atoms with Gasteiger partial charge in [0.1, 0.15) is 10.8 Å². The number of likely N-dealkylation sites (tertiary alicyclic amines) is 1. The van der Waals surface area contributed by atoms with Gasteiger partial charge in [-0.25, -0.2) is 9.78 Å². The minimum Gasteiger partial charge on any atom is -0.484 e. The number of nitrogens with zero attached hydrogens (tertiary/aromatic N) is 3. The summed E-state index contributed by atoms with van der Waals surface area (Å²) in [6, 6.07) is 9.35. The number of piperidine rings is 1. The number of thiazole rings is 1. The average Bonchev–Trinajstić information content (AvgIpc) is 3.25. The minimum absolute atomic E-state index is 0.0204. The second kappa shape index (κ2) is 10.1. The van der Waals surface area contributed by atoms with Crippen LogP contribution in [0.2, 0.25) is 0 Å². The van der Waals surface area contributed by atoms with E-state index in [9.17, 15) is 9.59 Å². The van der Waals surface area contributed by atoms with Gasteiger partial charge in [0.05, 0.1) is 13.2 Å². The third kappa shape index (κ3) is 5.45. The third-order valence-corrected chi connectivity index (χ3v) is 5.41. The Kier molecular flexibility index (Phi) is 7.25. The van der Waals surface area contributed by atoms with Crippen LogP contribution in [-0.4, -0.2) is 59.1 Å². The molecule has 8 heteroatoms. The fourth-order valence-electron chi connectivity index (χ4n) is 3.22. The Hall–Kier alpha value is -2.61. The van der Waals surface area contributed by atoms with Crippen LogP contribution in [0.15, 0.2) is 41.9 Å². The summed E-state index contributed by atoms with van der Waals surface area (Å²) in [7, 11) is 0. The zero-order valence-corrected chi connectivity index (χ0v) is 16.8. The molecule has 2 heterocycles. The van der Waals surface area contributed by atoms with E-state index in [0.717, 1.165) is 5.01 Å². The number of carbonyl (C=O) groups excluding carboxylic acids is 2. The Labute approximate surface area is 168 Å². The summed E-state index contributed by atoms with van der Waals surface area (Å²) in [5.41, 5.74) is 0. The van der Waals surface area contributed by atoms with Crippen LogP contribution in [0.1, 0.15) is 24.8 Å². The highest BCUT2D eigenvalue weighted by Crippen LogP contribution is 2.21. The van der Waals surface area contributed by atoms with Crippen LogP contribution in [0.4, 0.5) is 4.79 Å². The number of hydrogen-bond acceptors (Lipinski definition) is 6. The van der Waals surface area contributed by atoms with E-state index in [4.69, 9.17) is 9.47 Å². The number of carbonyl (C=O) groups is 2. The van der Waals surface area contributed by atoms with Crippen molar-refractivity contribution in [3.8, 4) is 5.75 Å². The molecule has 0 unspecified atom stereocenters. The first-order valence-corrected chi connectivity index (χ1v) is 10.3. The normalized spacial score (nSPS) is 14.5. The summed E-state index contributed by atoms with van der Waals surface area (Å²) in [5.74, 6) is 0.593. The predicted molar refractivity (Wildman–Crippen MR) is 106 cm³/mol. The van der Waals surface area contributed by atoms with E-state index in [1.165, 1.54) is 11.3 Å². The second-order valence-corrected chi connectivity index (χ2v) is 7.45. The summed E-state index contributed by atoms with van der Waals surface area (Å²) in [6.07, 6.45) is 2.88. The molecule has 0 N–H and O–H groups in total. The molecule has 0 saturated carbocycles. The number of rotatable bonds is 7. The summed E-state index contributed by atoms with van der Waals surface area (Å²) in [4.78, 5) is 32.7. The molecule has 2 aromatic rings. The molecule has 1 fully saturated rings. The SMILES string of the molecule is CCOC(=O)N1CCC(N(Cc2nccs2)C(=O)COc2ccccc2)CC1. The zero-order chi connectivity index (χ0) is 19.8. The standard InChI is InChI=1S/C20H25N3O4S/c1-2-26-20(25)22-11-8-16(9-12-22)23(14-18-21-10-13-28-18)19(24)15-27-17-6-4-3-5-7-17/h3-7,10,13,16H,2,8-9,11-12,14-15H2,1H3. The predicted octanol–water partition coefficient (Wildman–Crippen LogP) is 3.17. The molecule has 1 aliphatic heterocycles. The number of para-hydroxylation sites is 1. The van der Waals surface area contributed by atoms with Crippen LogP contribution in [0.25, 0.3) is 0 Å². The molecule has 0 bridgehead atoms. The van der Waals surface area contributed by atoms with Crippen molar-refractivity contribution in [1.29, 1.82) is 0 Å². The van der Waals surface area contributed by atoms with Crippen LogP contribution in [0.5, 0.6) is 5.75 Å². The molecular weight excluding hydrogens is 378 g/mol. The van der Waals surface area contributed by atoms with Gasteiger partial charge in [0.15, 0.2) is 6.61 Å². The quantitative estimate of drug-likeness (QED) is 0.710. The van der Waals surface area contributed by atoms with Gasteiger partial charge in [0.25, 0.3) is 5.91 Å². The van der Waals surface area contributed by atoms with E-state index in [2.05, 4.69) is 4.98 Å². The van der Waals surface area contributed by atoms with E-state index in [-0.39, 0.29) is 24.6 Å². The topological polar surface area (TPSA) is 72.0 Å². The van der Waals surface area contributed by atoms with Crippen LogP contribution >= 0.6 is 11.3 Å². The Morgan fingerprint density at radius 2 is 2.00 bits per heavy atom. The second-order valence-electron chi connectivity index (χ2n) is 6.47. The molecular formula is C20H25N3O4S. The van der Waals surface area contributed by atoms with Crippen molar-refractivity contribution in [2.75, 3.05) is 26.3 Å². The Bertz CT molecular complexity index is 746. The first kappa shape index (κ1) is 20.1. The van der Waals surface area contributed by atoms with Crippen molar-refractivity contribution in [2.45, 2.75) is 32.4 Å². The lowest BCUT2D eigenvalue weighted by atomic mass is 10.0. The maximum atomic E-state index is 12.9. The third-order valence-electron chi connectivity index (χ3n) is 4.65. The summed E-state index contributed by atoms with van der Waals surface area (Å²) in [6.45, 7) is 3.75. The van der Waals surface area contributed by atoms with Gasteiger partial charge in [-0.1, -0.05) is 18.2 Å². The lowest BCUT2D eigenvalue weighted by molar-refractivity contribution is -0.137. The molecule has 1 aromatic carbocycles. The van der Waals surface area contributed by atoms with E-state index < -0.39 is 0 Å². The maximum Gasteiger partial charge on any atom is 0.409 e. The Morgan fingerprint density at radius 1 is 1.25 bits per heavy atom. The number of amides is 2. The summed E-state index contributed by atoms with van der Waals surface area (Å²) in [5, 5.41) is 2.79. The van der Waals surface area contributed by atoms with Crippen molar-refractivity contribution in [1.82, 2.24) is 14.8 Å². The number of aromatic nitrogens is 1. The largest absolute Gasteiger partial charge is 0.484 e. The first-order valence-electron chi connectivity index (χ1n) is 9.44. The van der Waals surface area contributed by atoms with Crippen LogP contribution in [0, 0.1) is 0 Å². The van der Waals surface area contributed by atoms with Crippen LogP contribution < -0.4 is 4.74 Å². The molecule has 0 spiro atoms. The molecule has 1 aliphatic rings. The molecule has 2 amide bonds. The molecule has 1 aromatic heterocycles. The monoisotopic (exact) mass is 403 g/mol. The molecule has 0 aliphatic carbocycles. The minimum atomic E-state index is -0.286. The van der Waals surface area contributed by atoms with Crippen molar-refractivity contribution >= 4 is 23.3 Å². The van der Waals surface area contributed by atoms with Crippen molar-refractivity contribution in [2.24, 2.45) is 0 Å². The van der Waals surface area contributed by atoms with Crippen molar-refractivity contribution < 1.29 is 19.1 Å². The van der Waals surface area contributed by atoms with E-state index in [0.29, 0.717) is 44.8 Å². The highest BCUT2D eigenvalue weighted by Gasteiger charge is 2.30. The van der Waals surface area contributed by atoms with Gasteiger partial charge in [-0.2, -0.15) is 0 Å². The first-order chi connectivity index (χ1) is 13.7. The Balaban J connectivity index is 1.62. The molecule has 28 heavy (non-hydrogen) atoms. The molecule has 0 radical (unpaired) electrons. The summed E-state index contributed by atoms with van der Waals surface area (Å²) >= 11 is 1.53. The zero-order valence-electron chi connectivity index (χ0n) is 16.0. The highest BCUT2D eigenvalue weighted by molar-refractivity contribution is 7.09.